The van der Waals surface area contributed by atoms with Gasteiger partial charge >= 0.3 is 0 Å². The maximum Gasteiger partial charge on any atom is 0.164 e. The molecule has 2 rings (SSSR count). The third kappa shape index (κ3) is 3.77. The van der Waals surface area contributed by atoms with Gasteiger partial charge < -0.3 is 0 Å². The molecule has 0 atom stereocenters. The molecule has 104 valence electrons. The lowest BCUT2D eigenvalue weighted by Crippen LogP contribution is -2.06. The Morgan fingerprint density at radius 1 is 1.00 bits per heavy atom. The van der Waals surface area contributed by atoms with Crippen LogP contribution in [0.1, 0.15) is 39.1 Å². The van der Waals surface area contributed by atoms with Gasteiger partial charge in [-0.2, -0.15) is 5.26 Å². The van der Waals surface area contributed by atoms with E-state index in [2.05, 4.69) is 0 Å². The Labute approximate surface area is 127 Å². The zero-order valence-corrected chi connectivity index (χ0v) is 11.9. The molecule has 0 aromatic heterocycles. The fourth-order valence-corrected chi connectivity index (χ4v) is 2.20. The van der Waals surface area contributed by atoms with Crippen LogP contribution in [-0.2, 0) is 0 Å². The van der Waals surface area contributed by atoms with Gasteiger partial charge in [-0.3, -0.25) is 9.59 Å². The molecule has 0 fully saturated rings. The largest absolute Gasteiger partial charge is 0.294 e. The Hall–Kier alpha value is -2.44. The second-order valence-corrected chi connectivity index (χ2v) is 4.93. The first-order valence-electron chi connectivity index (χ1n) is 6.43. The lowest BCUT2D eigenvalue weighted by atomic mass is 10.0. The van der Waals surface area contributed by atoms with Crippen molar-refractivity contribution in [1.82, 2.24) is 0 Å². The molecule has 0 aliphatic rings. The molecule has 0 spiro atoms. The van der Waals surface area contributed by atoms with Crippen LogP contribution in [0.15, 0.2) is 48.5 Å². The van der Waals surface area contributed by atoms with Crippen LogP contribution >= 0.6 is 11.6 Å². The van der Waals surface area contributed by atoms with Gasteiger partial charge in [-0.25, -0.2) is 0 Å². The summed E-state index contributed by atoms with van der Waals surface area (Å²) in [5.41, 5.74) is 1.30. The molecule has 0 radical (unpaired) electrons. The van der Waals surface area contributed by atoms with Gasteiger partial charge in [-0.15, -0.1) is 0 Å². The minimum atomic E-state index is -0.162. The average molecular weight is 298 g/mol. The first-order chi connectivity index (χ1) is 10.1. The number of carbonyl (C=O) groups excluding carboxylic acids is 2. The fourth-order valence-electron chi connectivity index (χ4n) is 1.96. The van der Waals surface area contributed by atoms with Gasteiger partial charge in [0.2, 0.25) is 0 Å². The molecule has 2 aromatic rings. The summed E-state index contributed by atoms with van der Waals surface area (Å²) in [5, 5.41) is 9.20. The van der Waals surface area contributed by atoms with Crippen molar-refractivity contribution in [2.45, 2.75) is 12.8 Å². The lowest BCUT2D eigenvalue weighted by molar-refractivity contribution is 0.0917. The van der Waals surface area contributed by atoms with E-state index >= 15 is 0 Å². The number of Topliss-reactive ketones (excluding diaryl/α,β-unsaturated/α-hetero) is 2. The molecular formula is C17H12ClNO2. The van der Waals surface area contributed by atoms with Gasteiger partial charge in [0.15, 0.2) is 11.6 Å². The van der Waals surface area contributed by atoms with Crippen molar-refractivity contribution in [2.75, 3.05) is 0 Å². The van der Waals surface area contributed by atoms with E-state index in [1.54, 1.807) is 42.5 Å². The summed E-state index contributed by atoms with van der Waals surface area (Å²) >= 11 is 5.95. The van der Waals surface area contributed by atoms with E-state index in [1.807, 2.05) is 6.07 Å². The molecule has 0 bridgehead atoms. The molecule has 0 aliphatic carbocycles. The fraction of sp³-hybridized carbons (Fsp3) is 0.118. The highest BCUT2D eigenvalue weighted by molar-refractivity contribution is 6.34. The van der Waals surface area contributed by atoms with Gasteiger partial charge in [0.1, 0.15) is 0 Å². The maximum absolute atomic E-state index is 12.0. The van der Waals surface area contributed by atoms with Crippen molar-refractivity contribution < 1.29 is 9.59 Å². The number of halogens is 1. The summed E-state index contributed by atoms with van der Waals surface area (Å²) in [5.74, 6) is -0.321. The van der Waals surface area contributed by atoms with Gasteiger partial charge in [0.05, 0.1) is 16.7 Å². The highest BCUT2D eigenvalue weighted by Gasteiger charge is 2.13. The van der Waals surface area contributed by atoms with Crippen molar-refractivity contribution in [3.05, 3.63) is 70.2 Å². The first-order valence-corrected chi connectivity index (χ1v) is 6.80. The van der Waals surface area contributed by atoms with E-state index in [4.69, 9.17) is 16.9 Å². The van der Waals surface area contributed by atoms with Crippen LogP contribution in [-0.4, -0.2) is 11.6 Å². The topological polar surface area (TPSA) is 57.9 Å². The number of ketones is 2. The van der Waals surface area contributed by atoms with E-state index in [-0.39, 0.29) is 24.4 Å². The highest BCUT2D eigenvalue weighted by atomic mass is 35.5. The predicted molar refractivity (Wildman–Crippen MR) is 80.5 cm³/mol. The molecule has 0 saturated carbocycles. The monoisotopic (exact) mass is 297 g/mol. The number of nitrogens with zero attached hydrogens (tertiary/aromatic N) is 1. The van der Waals surface area contributed by atoms with Crippen LogP contribution < -0.4 is 0 Å². The number of benzene rings is 2. The second kappa shape index (κ2) is 6.83. The molecule has 3 nitrogen and oxygen atoms in total. The SMILES string of the molecule is N#Cc1cccc(C(=O)CCC(=O)c2ccccc2Cl)c1. The number of hydrogen-bond donors (Lipinski definition) is 0. The van der Waals surface area contributed by atoms with Crippen LogP contribution in [0.5, 0.6) is 0 Å². The minimum Gasteiger partial charge on any atom is -0.294 e. The van der Waals surface area contributed by atoms with Crippen LogP contribution in [0.4, 0.5) is 0 Å². The van der Waals surface area contributed by atoms with E-state index in [0.717, 1.165) is 0 Å². The number of rotatable bonds is 5. The summed E-state index contributed by atoms with van der Waals surface area (Å²) in [6.45, 7) is 0. The molecule has 0 aliphatic heterocycles. The maximum atomic E-state index is 12.0. The van der Waals surface area contributed by atoms with Crippen LogP contribution in [0.2, 0.25) is 5.02 Å². The van der Waals surface area contributed by atoms with E-state index in [0.29, 0.717) is 21.7 Å². The highest BCUT2D eigenvalue weighted by Crippen LogP contribution is 2.18. The zero-order chi connectivity index (χ0) is 15.2. The third-order valence-corrected chi connectivity index (χ3v) is 3.40. The Balaban J connectivity index is 2.03. The summed E-state index contributed by atoms with van der Waals surface area (Å²) in [6, 6.07) is 15.2. The van der Waals surface area contributed by atoms with Crippen LogP contribution in [0, 0.1) is 11.3 Å². The number of nitriles is 1. The summed E-state index contributed by atoms with van der Waals surface area (Å²) in [4.78, 5) is 24.1. The van der Waals surface area contributed by atoms with E-state index < -0.39 is 0 Å². The third-order valence-electron chi connectivity index (χ3n) is 3.07. The van der Waals surface area contributed by atoms with E-state index in [1.165, 1.54) is 6.07 Å². The minimum absolute atomic E-state index is 0.0962. The van der Waals surface area contributed by atoms with Gasteiger partial charge in [0.25, 0.3) is 0 Å². The van der Waals surface area contributed by atoms with Gasteiger partial charge in [-0.05, 0) is 24.3 Å². The zero-order valence-electron chi connectivity index (χ0n) is 11.2. The molecular weight excluding hydrogens is 286 g/mol. The molecule has 0 amide bonds. The van der Waals surface area contributed by atoms with Crippen molar-refractivity contribution in [3.63, 3.8) is 0 Å². The number of hydrogen-bond acceptors (Lipinski definition) is 3. The molecule has 21 heavy (non-hydrogen) atoms. The Morgan fingerprint density at radius 3 is 2.43 bits per heavy atom. The molecule has 0 unspecified atom stereocenters. The Bertz CT molecular complexity index is 732. The summed E-state index contributed by atoms with van der Waals surface area (Å²) in [6.07, 6.45) is 0.193. The smallest absolute Gasteiger partial charge is 0.164 e. The molecule has 4 heteroatoms. The van der Waals surface area contributed by atoms with Crippen LogP contribution in [0.3, 0.4) is 0 Å². The standard InChI is InChI=1S/C17H12ClNO2/c18-15-7-2-1-6-14(15)17(21)9-8-16(20)13-5-3-4-12(10-13)11-19/h1-7,10H,8-9H2. The lowest BCUT2D eigenvalue weighted by Gasteiger charge is -2.03. The number of carbonyl (C=O) groups is 2. The normalized spacial score (nSPS) is 9.90. The molecule has 0 N–H and O–H groups in total. The van der Waals surface area contributed by atoms with Gasteiger partial charge in [0, 0.05) is 24.0 Å². The quantitative estimate of drug-likeness (QED) is 0.782. The molecule has 2 aromatic carbocycles. The summed E-state index contributed by atoms with van der Waals surface area (Å²) < 4.78 is 0. The van der Waals surface area contributed by atoms with Crippen molar-refractivity contribution in [2.24, 2.45) is 0 Å². The second-order valence-electron chi connectivity index (χ2n) is 4.52. The molecule has 0 saturated heterocycles. The van der Waals surface area contributed by atoms with E-state index in [9.17, 15) is 9.59 Å². The summed E-state index contributed by atoms with van der Waals surface area (Å²) in [7, 11) is 0. The first kappa shape index (κ1) is 15.0. The Morgan fingerprint density at radius 2 is 1.71 bits per heavy atom. The van der Waals surface area contributed by atoms with Crippen molar-refractivity contribution in [1.29, 1.82) is 5.26 Å². The Kier molecular flexibility index (Phi) is 4.86. The van der Waals surface area contributed by atoms with Gasteiger partial charge in [-0.1, -0.05) is 35.9 Å². The van der Waals surface area contributed by atoms with Crippen molar-refractivity contribution in [3.8, 4) is 6.07 Å². The van der Waals surface area contributed by atoms with Crippen molar-refractivity contribution >= 4 is 23.2 Å². The average Bonchev–Trinajstić information content (AvgIpc) is 2.52. The molecule has 0 heterocycles. The van der Waals surface area contributed by atoms with Crippen LogP contribution in [0.25, 0.3) is 0 Å². The predicted octanol–water partition coefficient (Wildman–Crippen LogP) is 4.06.